The Morgan fingerprint density at radius 1 is 1.10 bits per heavy atom. The number of amides is 2. The first-order valence-corrected chi connectivity index (χ1v) is 8.47. The second-order valence-corrected chi connectivity index (χ2v) is 7.28. The topological polar surface area (TPSA) is 50.4 Å². The van der Waals surface area contributed by atoms with Crippen LogP contribution in [0.3, 0.4) is 0 Å². The van der Waals surface area contributed by atoms with E-state index in [1.54, 1.807) is 0 Å². The summed E-state index contributed by atoms with van der Waals surface area (Å²) in [4.78, 5) is 12.0. The van der Waals surface area contributed by atoms with Gasteiger partial charge in [0, 0.05) is 6.54 Å². The number of carbonyl (C=O) groups is 1. The van der Waals surface area contributed by atoms with E-state index in [1.165, 1.54) is 32.1 Å². The Balaban J connectivity index is 1.19. The molecule has 2 amide bonds. The number of nitrogens with one attached hydrogen (secondary N) is 2. The van der Waals surface area contributed by atoms with Crippen molar-refractivity contribution in [3.63, 3.8) is 0 Å². The maximum atomic E-state index is 12.0. The molecule has 4 nitrogen and oxygen atoms in total. The molecule has 20 heavy (non-hydrogen) atoms. The number of ether oxygens (including phenoxy) is 1. The van der Waals surface area contributed by atoms with Gasteiger partial charge in [0.25, 0.3) is 0 Å². The molecule has 0 aromatic rings. The predicted octanol–water partition coefficient (Wildman–Crippen LogP) is 2.29. The normalized spacial score (nSPS) is 45.6. The molecule has 5 rings (SSSR count). The van der Waals surface area contributed by atoms with Gasteiger partial charge in [-0.1, -0.05) is 19.3 Å². The van der Waals surface area contributed by atoms with Crippen LogP contribution in [-0.2, 0) is 4.74 Å². The Morgan fingerprint density at radius 3 is 2.50 bits per heavy atom. The number of hydrogen-bond acceptors (Lipinski definition) is 2. The molecule has 0 aromatic carbocycles. The first-order chi connectivity index (χ1) is 9.81. The van der Waals surface area contributed by atoms with Crippen molar-refractivity contribution in [2.45, 2.75) is 57.1 Å². The lowest BCUT2D eigenvalue weighted by Crippen LogP contribution is -2.57. The van der Waals surface area contributed by atoms with Gasteiger partial charge in [-0.2, -0.15) is 0 Å². The summed E-state index contributed by atoms with van der Waals surface area (Å²) in [5.41, 5.74) is 0. The summed E-state index contributed by atoms with van der Waals surface area (Å²) in [5, 5.41) is 6.21. The van der Waals surface area contributed by atoms with Crippen molar-refractivity contribution < 1.29 is 9.53 Å². The lowest BCUT2D eigenvalue weighted by Gasteiger charge is -2.46. The summed E-state index contributed by atoms with van der Waals surface area (Å²) >= 11 is 0. The van der Waals surface area contributed by atoms with Gasteiger partial charge in [0.15, 0.2) is 0 Å². The van der Waals surface area contributed by atoms with Crippen molar-refractivity contribution in [3.05, 3.63) is 0 Å². The molecular formula is C16H26N2O2. The SMILES string of the molecule is O=C(NCC1C2CCCCCC21)NC1COC2CC1C2. The van der Waals surface area contributed by atoms with E-state index in [0.29, 0.717) is 18.6 Å². The number of rotatable bonds is 3. The number of fused-ring (bicyclic) bond motifs is 3. The largest absolute Gasteiger partial charge is 0.376 e. The lowest BCUT2D eigenvalue weighted by atomic mass is 9.75. The second kappa shape index (κ2) is 5.21. The molecule has 0 radical (unpaired) electrons. The molecule has 3 saturated carbocycles. The monoisotopic (exact) mass is 278 g/mol. The van der Waals surface area contributed by atoms with Crippen molar-refractivity contribution in [3.8, 4) is 0 Å². The lowest BCUT2D eigenvalue weighted by molar-refractivity contribution is -0.107. The maximum absolute atomic E-state index is 12.0. The standard InChI is InChI=1S/C16H26N2O2/c19-16(18-15-9-20-11-6-10(15)7-11)17-8-14-12-4-2-1-3-5-13(12)14/h10-15H,1-9H2,(H2,17,18,19). The van der Waals surface area contributed by atoms with Gasteiger partial charge in [0.1, 0.15) is 0 Å². The molecule has 0 spiro atoms. The van der Waals surface area contributed by atoms with Crippen molar-refractivity contribution in [2.75, 3.05) is 13.2 Å². The molecule has 2 bridgehead atoms. The molecule has 4 heteroatoms. The highest BCUT2D eigenvalue weighted by molar-refractivity contribution is 5.74. The third kappa shape index (κ3) is 2.43. The van der Waals surface area contributed by atoms with Crippen LogP contribution < -0.4 is 10.6 Å². The molecule has 5 aliphatic rings. The molecule has 2 aliphatic heterocycles. The fraction of sp³-hybridized carbons (Fsp3) is 0.938. The van der Waals surface area contributed by atoms with E-state index in [0.717, 1.165) is 37.1 Å². The van der Waals surface area contributed by atoms with Crippen LogP contribution in [0.25, 0.3) is 0 Å². The Bertz CT molecular complexity index is 366. The third-order valence-electron chi connectivity index (χ3n) is 6.11. The van der Waals surface area contributed by atoms with Gasteiger partial charge in [0.2, 0.25) is 0 Å². The minimum Gasteiger partial charge on any atom is -0.376 e. The van der Waals surface area contributed by atoms with Crippen LogP contribution in [-0.4, -0.2) is 31.3 Å². The van der Waals surface area contributed by atoms with Crippen LogP contribution in [0.15, 0.2) is 0 Å². The minimum atomic E-state index is 0.0189. The van der Waals surface area contributed by atoms with Gasteiger partial charge in [0.05, 0.1) is 18.8 Å². The first kappa shape index (κ1) is 12.9. The predicted molar refractivity (Wildman–Crippen MR) is 76.3 cm³/mol. The number of urea groups is 1. The van der Waals surface area contributed by atoms with Crippen LogP contribution in [0, 0.1) is 23.7 Å². The summed E-state index contributed by atoms with van der Waals surface area (Å²) in [6.07, 6.45) is 9.74. The first-order valence-electron chi connectivity index (χ1n) is 8.47. The molecule has 2 saturated heterocycles. The van der Waals surface area contributed by atoms with Crippen LogP contribution in [0.4, 0.5) is 4.79 Å². The summed E-state index contributed by atoms with van der Waals surface area (Å²) in [7, 11) is 0. The Kier molecular flexibility index (Phi) is 3.37. The maximum Gasteiger partial charge on any atom is 0.315 e. The van der Waals surface area contributed by atoms with E-state index in [1.807, 2.05) is 0 Å². The second-order valence-electron chi connectivity index (χ2n) is 7.28. The molecule has 2 N–H and O–H groups in total. The quantitative estimate of drug-likeness (QED) is 0.832. The van der Waals surface area contributed by atoms with E-state index in [-0.39, 0.29) is 12.1 Å². The fourth-order valence-corrected chi connectivity index (χ4v) is 4.66. The molecule has 2 heterocycles. The van der Waals surface area contributed by atoms with E-state index < -0.39 is 0 Å². The Labute approximate surface area is 121 Å². The van der Waals surface area contributed by atoms with Gasteiger partial charge in [-0.15, -0.1) is 0 Å². The van der Waals surface area contributed by atoms with E-state index >= 15 is 0 Å². The van der Waals surface area contributed by atoms with Crippen LogP contribution in [0.5, 0.6) is 0 Å². The van der Waals surface area contributed by atoms with Crippen molar-refractivity contribution >= 4 is 6.03 Å². The summed E-state index contributed by atoms with van der Waals surface area (Å²) in [6, 6.07) is 0.259. The summed E-state index contributed by atoms with van der Waals surface area (Å²) in [5.74, 6) is 3.23. The third-order valence-corrected chi connectivity index (χ3v) is 6.11. The highest BCUT2D eigenvalue weighted by Gasteiger charge is 2.49. The smallest absolute Gasteiger partial charge is 0.315 e. The van der Waals surface area contributed by atoms with Gasteiger partial charge in [-0.25, -0.2) is 4.79 Å². The molecule has 112 valence electrons. The zero-order valence-corrected chi connectivity index (χ0v) is 12.1. The average Bonchev–Trinajstić information content (AvgIpc) is 3.10. The molecular weight excluding hydrogens is 252 g/mol. The number of hydrogen-bond donors (Lipinski definition) is 2. The summed E-state index contributed by atoms with van der Waals surface area (Å²) < 4.78 is 5.64. The molecule has 5 fully saturated rings. The Morgan fingerprint density at radius 2 is 1.85 bits per heavy atom. The fourth-order valence-electron chi connectivity index (χ4n) is 4.66. The van der Waals surface area contributed by atoms with Crippen molar-refractivity contribution in [1.29, 1.82) is 0 Å². The molecule has 0 aromatic heterocycles. The van der Waals surface area contributed by atoms with Crippen LogP contribution in [0.1, 0.15) is 44.9 Å². The molecule has 3 unspecified atom stereocenters. The highest BCUT2D eigenvalue weighted by Crippen LogP contribution is 2.53. The van der Waals surface area contributed by atoms with Crippen molar-refractivity contribution in [2.24, 2.45) is 23.7 Å². The van der Waals surface area contributed by atoms with Gasteiger partial charge >= 0.3 is 6.03 Å². The van der Waals surface area contributed by atoms with E-state index in [9.17, 15) is 4.79 Å². The number of carbonyl (C=O) groups excluding carboxylic acids is 1. The molecule has 3 atom stereocenters. The summed E-state index contributed by atoms with van der Waals surface area (Å²) in [6.45, 7) is 1.58. The zero-order valence-electron chi connectivity index (χ0n) is 12.1. The van der Waals surface area contributed by atoms with Crippen LogP contribution >= 0.6 is 0 Å². The van der Waals surface area contributed by atoms with Crippen LogP contribution in [0.2, 0.25) is 0 Å². The van der Waals surface area contributed by atoms with Gasteiger partial charge in [-0.05, 0) is 49.4 Å². The van der Waals surface area contributed by atoms with E-state index in [2.05, 4.69) is 10.6 Å². The average molecular weight is 278 g/mol. The molecule has 3 aliphatic carbocycles. The van der Waals surface area contributed by atoms with Gasteiger partial charge in [-0.3, -0.25) is 0 Å². The highest BCUT2D eigenvalue weighted by atomic mass is 16.5. The van der Waals surface area contributed by atoms with Crippen molar-refractivity contribution in [1.82, 2.24) is 10.6 Å². The Hall–Kier alpha value is -0.770. The minimum absolute atomic E-state index is 0.0189. The zero-order chi connectivity index (χ0) is 13.5. The van der Waals surface area contributed by atoms with Gasteiger partial charge < -0.3 is 15.4 Å². The van der Waals surface area contributed by atoms with E-state index in [4.69, 9.17) is 4.74 Å².